The maximum absolute atomic E-state index is 12.7. The Bertz CT molecular complexity index is 1250. The molecular weight excluding hydrogens is 812 g/mol. The van der Waals surface area contributed by atoms with Crippen molar-refractivity contribution in [2.24, 2.45) is 0 Å². The lowest BCUT2D eigenvalue weighted by Gasteiger charge is -2.20. The van der Waals surface area contributed by atoms with Gasteiger partial charge in [0.1, 0.15) is 12.2 Å². The Morgan fingerprint density at radius 3 is 1.37 bits per heavy atom. The normalized spacial score (nSPS) is 14.6. The summed E-state index contributed by atoms with van der Waals surface area (Å²) >= 11 is 0. The van der Waals surface area contributed by atoms with Crippen molar-refractivity contribution < 1.29 is 43.0 Å². The van der Waals surface area contributed by atoms with E-state index in [0.29, 0.717) is 13.0 Å². The number of esters is 1. The Labute approximate surface area is 385 Å². The molecule has 0 saturated heterocycles. The van der Waals surface area contributed by atoms with Crippen molar-refractivity contribution in [3.05, 3.63) is 85.1 Å². The highest BCUT2D eigenvalue weighted by atomic mass is 31.2. The van der Waals surface area contributed by atoms with Gasteiger partial charge in [0.2, 0.25) is 0 Å². The molecule has 10 heteroatoms. The summed E-state index contributed by atoms with van der Waals surface area (Å²) in [6.45, 7) is 3.36. The van der Waals surface area contributed by atoms with Crippen LogP contribution < -0.4 is 0 Å². The van der Waals surface area contributed by atoms with Gasteiger partial charge >= 0.3 is 13.8 Å². The second kappa shape index (κ2) is 49.1. The summed E-state index contributed by atoms with van der Waals surface area (Å²) < 4.78 is 33.5. The molecule has 0 bridgehead atoms. The molecule has 0 rings (SSSR count). The molecule has 0 heterocycles. The summed E-state index contributed by atoms with van der Waals surface area (Å²) in [7, 11) is -4.53. The van der Waals surface area contributed by atoms with Gasteiger partial charge in [-0.15, -0.1) is 0 Å². The van der Waals surface area contributed by atoms with E-state index in [2.05, 4.69) is 98.9 Å². The van der Waals surface area contributed by atoms with E-state index in [-0.39, 0.29) is 19.6 Å². The number of ether oxygens (including phenoxy) is 2. The van der Waals surface area contributed by atoms with Crippen molar-refractivity contribution in [1.29, 1.82) is 0 Å². The predicted octanol–water partition coefficient (Wildman–Crippen LogP) is 14.6. The molecule has 3 N–H and O–H groups in total. The zero-order valence-corrected chi connectivity index (χ0v) is 40.9. The average molecular weight is 905 g/mol. The summed E-state index contributed by atoms with van der Waals surface area (Å²) in [6.07, 6.45) is 61.1. The molecule has 3 atom stereocenters. The molecule has 0 aromatic rings. The average Bonchev–Trinajstić information content (AvgIpc) is 3.28. The highest BCUT2D eigenvalue weighted by Gasteiger charge is 2.26. The van der Waals surface area contributed by atoms with Gasteiger partial charge in [0.15, 0.2) is 0 Å². The van der Waals surface area contributed by atoms with Crippen LogP contribution in [0.2, 0.25) is 0 Å². The second-order valence-corrected chi connectivity index (χ2v) is 17.9. The summed E-state index contributed by atoms with van der Waals surface area (Å²) in [5.41, 5.74) is 0. The number of hydrogen-bond acceptors (Lipinski definition) is 8. The monoisotopic (exact) mass is 905 g/mol. The van der Waals surface area contributed by atoms with Crippen LogP contribution in [-0.4, -0.2) is 66.3 Å². The number of phosphoric ester groups is 1. The van der Waals surface area contributed by atoms with Gasteiger partial charge in [-0.1, -0.05) is 189 Å². The van der Waals surface area contributed by atoms with E-state index in [1.165, 1.54) is 83.5 Å². The minimum absolute atomic E-state index is 0.0356. The van der Waals surface area contributed by atoms with Crippen molar-refractivity contribution in [1.82, 2.24) is 0 Å². The first-order valence-electron chi connectivity index (χ1n) is 25.1. The largest absolute Gasteiger partial charge is 0.472 e. The summed E-state index contributed by atoms with van der Waals surface area (Å²) in [5, 5.41) is 18.4. The van der Waals surface area contributed by atoms with Crippen LogP contribution in [0.25, 0.3) is 0 Å². The van der Waals surface area contributed by atoms with Crippen molar-refractivity contribution in [3.8, 4) is 0 Å². The number of rotatable bonds is 47. The maximum Gasteiger partial charge on any atom is 0.472 e. The Kier molecular flexibility index (Phi) is 47.2. The third-order valence-corrected chi connectivity index (χ3v) is 11.3. The van der Waals surface area contributed by atoms with Gasteiger partial charge < -0.3 is 24.6 Å². The first kappa shape index (κ1) is 60.6. The predicted molar refractivity (Wildman–Crippen MR) is 265 cm³/mol. The molecule has 0 aromatic carbocycles. The number of allylic oxidation sites excluding steroid dienone is 14. The summed E-state index contributed by atoms with van der Waals surface area (Å²) in [6, 6.07) is 0. The fraction of sp³-hybridized carbons (Fsp3) is 0.717. The lowest BCUT2D eigenvalue weighted by molar-refractivity contribution is -0.154. The molecule has 0 aliphatic carbocycles. The molecule has 63 heavy (non-hydrogen) atoms. The lowest BCUT2D eigenvalue weighted by Crippen LogP contribution is -2.29. The maximum atomic E-state index is 12.7. The van der Waals surface area contributed by atoms with E-state index in [4.69, 9.17) is 23.6 Å². The van der Waals surface area contributed by atoms with E-state index in [0.717, 1.165) is 89.9 Å². The Balaban J connectivity index is 4.14. The van der Waals surface area contributed by atoms with Gasteiger partial charge in [-0.05, 0) is 89.9 Å². The first-order chi connectivity index (χ1) is 30.8. The Morgan fingerprint density at radius 2 is 0.905 bits per heavy atom. The van der Waals surface area contributed by atoms with Crippen LogP contribution in [0.15, 0.2) is 85.1 Å². The number of aliphatic hydroxyl groups is 2. The minimum Gasteiger partial charge on any atom is -0.457 e. The van der Waals surface area contributed by atoms with Gasteiger partial charge in [-0.2, -0.15) is 0 Å². The molecule has 9 nitrogen and oxygen atoms in total. The molecule has 0 amide bonds. The SMILES string of the molecule is CC/C=C\C/C=C\C/C=C\C/C=C\C/C=C\CCCCCCCCCCOCC(COP(=O)(O)OCC(O)CO)OC(=O)CCCCCCCCC/C=C\C/C=C\CCCCCC. The van der Waals surface area contributed by atoms with Crippen LogP contribution in [-0.2, 0) is 27.9 Å². The van der Waals surface area contributed by atoms with Crippen LogP contribution in [0.4, 0.5) is 0 Å². The highest BCUT2D eigenvalue weighted by Crippen LogP contribution is 2.43. The van der Waals surface area contributed by atoms with E-state index < -0.39 is 39.2 Å². The van der Waals surface area contributed by atoms with Crippen molar-refractivity contribution in [2.45, 2.75) is 212 Å². The summed E-state index contributed by atoms with van der Waals surface area (Å²) in [4.78, 5) is 22.7. The molecule has 0 aliphatic heterocycles. The standard InChI is InChI=1S/C53H93O9P/c1-3-5-7-9-11-13-15-17-19-21-23-24-25-26-27-28-30-32-34-36-38-40-42-44-46-59-49-52(50-61-63(57,58)60-48-51(55)47-54)62-53(56)45-43-41-39-37-35-33-31-29-22-20-18-16-14-12-10-8-6-4-2/h5,7,11,13-14,16-17,19-20,22-24,26-27,51-52,54-55H,3-4,6,8-10,12,15,18,21,25,28-50H2,1-2H3,(H,57,58)/b7-5-,13-11-,16-14-,19-17-,22-20-,24-23-,27-26-. The molecule has 0 saturated carbocycles. The Hall–Kier alpha value is -2.36. The van der Waals surface area contributed by atoms with Crippen LogP contribution in [0.3, 0.4) is 0 Å². The van der Waals surface area contributed by atoms with Crippen molar-refractivity contribution >= 4 is 13.8 Å². The quantitative estimate of drug-likeness (QED) is 0.0236. The number of carbonyl (C=O) groups excluding carboxylic acids is 1. The Morgan fingerprint density at radius 1 is 0.508 bits per heavy atom. The van der Waals surface area contributed by atoms with Crippen molar-refractivity contribution in [3.63, 3.8) is 0 Å². The van der Waals surface area contributed by atoms with Crippen LogP contribution in [0.5, 0.6) is 0 Å². The lowest BCUT2D eigenvalue weighted by atomic mass is 10.1. The topological polar surface area (TPSA) is 132 Å². The third-order valence-electron chi connectivity index (χ3n) is 10.3. The zero-order chi connectivity index (χ0) is 46.0. The van der Waals surface area contributed by atoms with Gasteiger partial charge in [0.05, 0.1) is 26.4 Å². The van der Waals surface area contributed by atoms with Gasteiger partial charge in [0.25, 0.3) is 0 Å². The van der Waals surface area contributed by atoms with E-state index in [1.54, 1.807) is 0 Å². The fourth-order valence-corrected chi connectivity index (χ4v) is 7.32. The molecule has 0 radical (unpaired) electrons. The number of carbonyl (C=O) groups is 1. The molecule has 0 fully saturated rings. The van der Waals surface area contributed by atoms with Gasteiger partial charge in [-0.25, -0.2) is 4.57 Å². The highest BCUT2D eigenvalue weighted by molar-refractivity contribution is 7.47. The summed E-state index contributed by atoms with van der Waals surface area (Å²) in [5.74, 6) is -0.396. The van der Waals surface area contributed by atoms with Crippen molar-refractivity contribution in [2.75, 3.05) is 33.0 Å². The number of phosphoric acid groups is 1. The van der Waals surface area contributed by atoms with Crippen LogP contribution in [0.1, 0.15) is 200 Å². The minimum atomic E-state index is -4.53. The van der Waals surface area contributed by atoms with Gasteiger partial charge in [0, 0.05) is 13.0 Å². The molecule has 3 unspecified atom stereocenters. The van der Waals surface area contributed by atoms with Gasteiger partial charge in [-0.3, -0.25) is 13.8 Å². The number of hydrogen-bond donors (Lipinski definition) is 3. The molecule has 0 aromatic heterocycles. The molecule has 0 aliphatic rings. The van der Waals surface area contributed by atoms with Crippen LogP contribution in [0, 0.1) is 0 Å². The number of unbranched alkanes of at least 4 members (excludes halogenated alkanes) is 19. The van der Waals surface area contributed by atoms with E-state index >= 15 is 0 Å². The third kappa shape index (κ3) is 48.9. The molecule has 364 valence electrons. The zero-order valence-electron chi connectivity index (χ0n) is 40.0. The molecular formula is C53H93O9P. The fourth-order valence-electron chi connectivity index (χ4n) is 6.53. The molecule has 0 spiro atoms. The van der Waals surface area contributed by atoms with E-state index in [1.807, 2.05) is 0 Å². The smallest absolute Gasteiger partial charge is 0.457 e. The first-order valence-corrected chi connectivity index (χ1v) is 26.6. The number of aliphatic hydroxyl groups excluding tert-OH is 2. The second-order valence-electron chi connectivity index (χ2n) is 16.4. The van der Waals surface area contributed by atoms with Crippen LogP contribution >= 0.6 is 7.82 Å². The van der Waals surface area contributed by atoms with E-state index in [9.17, 15) is 19.4 Å².